The van der Waals surface area contributed by atoms with Gasteiger partial charge in [0, 0.05) is 27.3 Å². The Balaban J connectivity index is 1.27. The SMILES string of the molecule is CC(=O)C1CC2(CC(NC(=O)c3c(C)sc(C)c3Cc3ccc(-c4ccccc4F)cc3)C2)C1. The fourth-order valence-corrected chi connectivity index (χ4v) is 6.97. The van der Waals surface area contributed by atoms with Gasteiger partial charge in [-0.3, -0.25) is 9.59 Å². The van der Waals surface area contributed by atoms with Gasteiger partial charge in [0.2, 0.25) is 0 Å². The van der Waals surface area contributed by atoms with Gasteiger partial charge < -0.3 is 5.32 Å². The summed E-state index contributed by atoms with van der Waals surface area (Å²) in [6.45, 7) is 5.78. The topological polar surface area (TPSA) is 46.2 Å². The summed E-state index contributed by atoms with van der Waals surface area (Å²) in [5.74, 6) is 0.320. The third-order valence-corrected chi connectivity index (χ3v) is 8.82. The predicted octanol–water partition coefficient (Wildman–Crippen LogP) is 6.64. The molecule has 0 atom stereocenters. The summed E-state index contributed by atoms with van der Waals surface area (Å²) in [6, 6.07) is 14.9. The number of carbonyl (C=O) groups is 2. The van der Waals surface area contributed by atoms with Crippen LogP contribution in [0.25, 0.3) is 11.1 Å². The van der Waals surface area contributed by atoms with E-state index in [2.05, 4.69) is 12.2 Å². The predicted molar refractivity (Wildman–Crippen MR) is 135 cm³/mol. The highest BCUT2D eigenvalue weighted by Gasteiger charge is 2.54. The molecule has 1 aromatic heterocycles. The molecular weight excluding hydrogens is 445 g/mol. The van der Waals surface area contributed by atoms with E-state index in [1.54, 1.807) is 30.4 Å². The van der Waals surface area contributed by atoms with Crippen LogP contribution in [0.15, 0.2) is 48.5 Å². The van der Waals surface area contributed by atoms with E-state index in [0.717, 1.165) is 57.7 Å². The first-order chi connectivity index (χ1) is 16.2. The number of thiophene rings is 1. The smallest absolute Gasteiger partial charge is 0.252 e. The second kappa shape index (κ2) is 8.77. The summed E-state index contributed by atoms with van der Waals surface area (Å²) in [6.07, 6.45) is 4.61. The number of halogens is 1. The van der Waals surface area contributed by atoms with Crippen LogP contribution < -0.4 is 5.32 Å². The second-order valence-corrected chi connectivity index (χ2v) is 11.6. The molecule has 1 amide bonds. The molecule has 2 saturated carbocycles. The Morgan fingerprint density at radius 3 is 2.32 bits per heavy atom. The van der Waals surface area contributed by atoms with Crippen LogP contribution in [0.3, 0.4) is 0 Å². The first-order valence-corrected chi connectivity index (χ1v) is 12.8. The molecule has 176 valence electrons. The number of carbonyl (C=O) groups excluding carboxylic acids is 2. The van der Waals surface area contributed by atoms with Crippen LogP contribution in [0.5, 0.6) is 0 Å². The van der Waals surface area contributed by atoms with E-state index in [-0.39, 0.29) is 29.1 Å². The molecule has 2 aliphatic carbocycles. The van der Waals surface area contributed by atoms with E-state index in [1.165, 1.54) is 6.07 Å². The van der Waals surface area contributed by atoms with Crippen LogP contribution in [-0.2, 0) is 11.2 Å². The molecule has 5 rings (SSSR count). The molecule has 34 heavy (non-hydrogen) atoms. The zero-order valence-corrected chi connectivity index (χ0v) is 20.7. The van der Waals surface area contributed by atoms with Gasteiger partial charge in [-0.05, 0) is 81.0 Å². The van der Waals surface area contributed by atoms with Gasteiger partial charge >= 0.3 is 0 Å². The monoisotopic (exact) mass is 475 g/mol. The summed E-state index contributed by atoms with van der Waals surface area (Å²) in [5.41, 5.74) is 4.71. The van der Waals surface area contributed by atoms with Crippen LogP contribution in [0.1, 0.15) is 63.8 Å². The second-order valence-electron chi connectivity index (χ2n) is 10.2. The van der Waals surface area contributed by atoms with Gasteiger partial charge in [0.15, 0.2) is 0 Å². The summed E-state index contributed by atoms with van der Waals surface area (Å²) in [4.78, 5) is 27.0. The molecule has 3 aromatic rings. The van der Waals surface area contributed by atoms with Crippen molar-refractivity contribution in [1.29, 1.82) is 0 Å². The van der Waals surface area contributed by atoms with Crippen LogP contribution in [-0.4, -0.2) is 17.7 Å². The van der Waals surface area contributed by atoms with Crippen molar-refractivity contribution >= 4 is 23.0 Å². The zero-order chi connectivity index (χ0) is 24.0. The molecule has 2 fully saturated rings. The lowest BCUT2D eigenvalue weighted by atomic mass is 9.49. The maximum atomic E-state index is 14.1. The molecule has 3 nitrogen and oxygen atoms in total. The lowest BCUT2D eigenvalue weighted by molar-refractivity contribution is -0.134. The third-order valence-electron chi connectivity index (χ3n) is 7.76. The van der Waals surface area contributed by atoms with Crippen molar-refractivity contribution in [2.75, 3.05) is 0 Å². The lowest BCUT2D eigenvalue weighted by Gasteiger charge is -2.57. The van der Waals surface area contributed by atoms with Crippen molar-refractivity contribution in [3.8, 4) is 11.1 Å². The molecule has 0 radical (unpaired) electrons. The molecule has 2 aliphatic rings. The highest BCUT2D eigenvalue weighted by atomic mass is 32.1. The summed E-state index contributed by atoms with van der Waals surface area (Å²) in [5, 5.41) is 3.26. The maximum Gasteiger partial charge on any atom is 0.252 e. The number of Topliss-reactive ketones (excluding diaryl/α,β-unsaturated/α-hetero) is 1. The van der Waals surface area contributed by atoms with Crippen molar-refractivity contribution in [2.45, 2.75) is 58.9 Å². The van der Waals surface area contributed by atoms with Gasteiger partial charge in [-0.2, -0.15) is 0 Å². The Labute approximate surface area is 204 Å². The minimum atomic E-state index is -0.227. The van der Waals surface area contributed by atoms with E-state index >= 15 is 0 Å². The van der Waals surface area contributed by atoms with Crippen molar-refractivity contribution in [1.82, 2.24) is 5.32 Å². The number of rotatable bonds is 6. The largest absolute Gasteiger partial charge is 0.349 e. The van der Waals surface area contributed by atoms with Crippen molar-refractivity contribution < 1.29 is 14.0 Å². The van der Waals surface area contributed by atoms with E-state index < -0.39 is 0 Å². The van der Waals surface area contributed by atoms with Gasteiger partial charge in [-0.25, -0.2) is 4.39 Å². The molecule has 5 heteroatoms. The molecule has 2 aromatic carbocycles. The van der Waals surface area contributed by atoms with Crippen LogP contribution >= 0.6 is 11.3 Å². The van der Waals surface area contributed by atoms with E-state index in [0.29, 0.717) is 17.8 Å². The molecule has 0 saturated heterocycles. The van der Waals surface area contributed by atoms with Gasteiger partial charge in [-0.15, -0.1) is 11.3 Å². The Morgan fingerprint density at radius 1 is 1.00 bits per heavy atom. The fraction of sp³-hybridized carbons (Fsp3) is 0.379. The van der Waals surface area contributed by atoms with Crippen LogP contribution in [0.4, 0.5) is 4.39 Å². The third kappa shape index (κ3) is 4.22. The van der Waals surface area contributed by atoms with Gasteiger partial charge in [0.05, 0.1) is 5.56 Å². The minimum Gasteiger partial charge on any atom is -0.349 e. The Kier molecular flexibility index (Phi) is 5.93. The number of amides is 1. The standard InChI is InChI=1S/C29H30FNO2S/c1-17(32)22-13-29(14-22)15-23(16-29)31-28(33)27-19(3)34-18(2)25(27)12-20-8-10-21(11-9-20)24-6-4-5-7-26(24)30/h4-11,22-23H,12-16H2,1-3H3,(H,31,33). The maximum absolute atomic E-state index is 14.1. The number of hydrogen-bond donors (Lipinski definition) is 1. The Bertz CT molecular complexity index is 1250. The summed E-state index contributed by atoms with van der Waals surface area (Å²) >= 11 is 1.67. The number of nitrogens with one attached hydrogen (secondary N) is 1. The normalized spacial score (nSPS) is 23.3. The quantitative estimate of drug-likeness (QED) is 0.434. The molecule has 0 unspecified atom stereocenters. The van der Waals surface area contributed by atoms with E-state index in [1.807, 2.05) is 37.3 Å². The highest BCUT2D eigenvalue weighted by Crippen LogP contribution is 2.58. The average Bonchev–Trinajstić information content (AvgIpc) is 3.02. The molecule has 1 N–H and O–H groups in total. The fourth-order valence-electron chi connectivity index (χ4n) is 5.89. The van der Waals surface area contributed by atoms with E-state index in [4.69, 9.17) is 0 Å². The Morgan fingerprint density at radius 2 is 1.68 bits per heavy atom. The van der Waals surface area contributed by atoms with Gasteiger partial charge in [0.25, 0.3) is 5.91 Å². The van der Waals surface area contributed by atoms with Crippen molar-refractivity contribution in [2.24, 2.45) is 11.3 Å². The lowest BCUT2D eigenvalue weighted by Crippen LogP contribution is -2.57. The zero-order valence-electron chi connectivity index (χ0n) is 19.9. The van der Waals surface area contributed by atoms with Crippen LogP contribution in [0, 0.1) is 31.0 Å². The molecule has 1 spiro atoms. The van der Waals surface area contributed by atoms with Gasteiger partial charge in [0.1, 0.15) is 11.6 Å². The first-order valence-electron chi connectivity index (χ1n) is 12.0. The van der Waals surface area contributed by atoms with Crippen molar-refractivity contribution in [3.05, 3.63) is 80.8 Å². The van der Waals surface area contributed by atoms with Crippen molar-refractivity contribution in [3.63, 3.8) is 0 Å². The molecule has 0 aliphatic heterocycles. The number of benzene rings is 2. The summed E-state index contributed by atoms with van der Waals surface area (Å²) < 4.78 is 14.1. The highest BCUT2D eigenvalue weighted by molar-refractivity contribution is 7.12. The molecule has 1 heterocycles. The molecule has 0 bridgehead atoms. The average molecular weight is 476 g/mol. The molecular formula is C29H30FNO2S. The summed E-state index contributed by atoms with van der Waals surface area (Å²) in [7, 11) is 0. The minimum absolute atomic E-state index is 0.0159. The number of aryl methyl sites for hydroxylation is 2. The number of hydrogen-bond acceptors (Lipinski definition) is 3. The van der Waals surface area contributed by atoms with Gasteiger partial charge in [-0.1, -0.05) is 42.5 Å². The number of ketones is 1. The first kappa shape index (κ1) is 23.0. The Hall–Kier alpha value is -2.79. The van der Waals surface area contributed by atoms with E-state index in [9.17, 15) is 14.0 Å². The van der Waals surface area contributed by atoms with Crippen LogP contribution in [0.2, 0.25) is 0 Å².